The number of aliphatic hydroxyl groups excluding tert-OH is 1. The summed E-state index contributed by atoms with van der Waals surface area (Å²) in [5.74, 6) is -0.786. The Hall–Kier alpha value is -3.07. The summed E-state index contributed by atoms with van der Waals surface area (Å²) >= 11 is 0. The van der Waals surface area contributed by atoms with Crippen molar-refractivity contribution in [2.75, 3.05) is 0 Å². The van der Waals surface area contributed by atoms with Crippen molar-refractivity contribution in [2.45, 2.75) is 37.8 Å². The lowest BCUT2D eigenvalue weighted by atomic mass is 9.93. The van der Waals surface area contributed by atoms with Crippen LogP contribution in [0.15, 0.2) is 35.4 Å². The fraction of sp³-hybridized carbons (Fsp3) is 0.333. The number of halogens is 1. The molecule has 3 N–H and O–H groups in total. The van der Waals surface area contributed by atoms with Crippen LogP contribution < -0.4 is 10.9 Å². The quantitative estimate of drug-likeness (QED) is 0.642. The van der Waals surface area contributed by atoms with Gasteiger partial charge in [0.1, 0.15) is 11.2 Å². The first-order valence-corrected chi connectivity index (χ1v) is 8.73. The van der Waals surface area contributed by atoms with Crippen LogP contribution in [-0.2, 0) is 0 Å². The molecule has 1 aliphatic carbocycles. The zero-order valence-corrected chi connectivity index (χ0v) is 14.4. The van der Waals surface area contributed by atoms with Crippen LogP contribution in [0.2, 0.25) is 0 Å². The zero-order valence-electron chi connectivity index (χ0n) is 14.4. The molecule has 1 aromatic carbocycles. The van der Waals surface area contributed by atoms with Crippen LogP contribution in [0.4, 0.5) is 4.39 Å². The molecule has 0 spiro atoms. The van der Waals surface area contributed by atoms with Crippen LogP contribution in [0.1, 0.15) is 36.0 Å². The van der Waals surface area contributed by atoms with E-state index in [1.807, 2.05) is 0 Å². The van der Waals surface area contributed by atoms with Crippen molar-refractivity contribution in [3.8, 4) is 5.95 Å². The highest BCUT2D eigenvalue weighted by Gasteiger charge is 2.21. The van der Waals surface area contributed by atoms with Crippen LogP contribution in [-0.4, -0.2) is 42.9 Å². The fourth-order valence-electron chi connectivity index (χ4n) is 3.34. The molecular weight excluding hydrogens is 353 g/mol. The van der Waals surface area contributed by atoms with Gasteiger partial charge in [0.2, 0.25) is 5.95 Å². The number of carbonyl (C=O) groups excluding carboxylic acids is 1. The molecule has 0 radical (unpaired) electrons. The summed E-state index contributed by atoms with van der Waals surface area (Å²) < 4.78 is 15.1. The van der Waals surface area contributed by atoms with Gasteiger partial charge in [0.25, 0.3) is 11.5 Å². The summed E-state index contributed by atoms with van der Waals surface area (Å²) in [5, 5.41) is 14.9. The molecule has 1 aliphatic rings. The molecule has 2 aromatic heterocycles. The van der Waals surface area contributed by atoms with Crippen LogP contribution >= 0.6 is 0 Å². The predicted molar refractivity (Wildman–Crippen MR) is 95.2 cm³/mol. The molecule has 0 atom stereocenters. The largest absolute Gasteiger partial charge is 0.393 e. The third-order valence-electron chi connectivity index (χ3n) is 4.81. The number of amides is 1. The van der Waals surface area contributed by atoms with E-state index in [2.05, 4.69) is 20.4 Å². The Morgan fingerprint density at radius 2 is 1.93 bits per heavy atom. The second-order valence-electron chi connectivity index (χ2n) is 6.66. The maximum Gasteiger partial charge on any atom is 0.275 e. The van der Waals surface area contributed by atoms with E-state index >= 15 is 0 Å². The van der Waals surface area contributed by atoms with Gasteiger partial charge in [-0.05, 0) is 37.8 Å². The summed E-state index contributed by atoms with van der Waals surface area (Å²) in [6.45, 7) is 0. The molecule has 8 nitrogen and oxygen atoms in total. The van der Waals surface area contributed by atoms with Crippen LogP contribution in [0.5, 0.6) is 0 Å². The first-order valence-electron chi connectivity index (χ1n) is 8.73. The maximum atomic E-state index is 13.9. The van der Waals surface area contributed by atoms with Crippen LogP contribution in [0.3, 0.4) is 0 Å². The molecule has 1 amide bonds. The topological polar surface area (TPSA) is 113 Å². The minimum Gasteiger partial charge on any atom is -0.393 e. The first kappa shape index (κ1) is 17.3. The lowest BCUT2D eigenvalue weighted by Gasteiger charge is -2.26. The third-order valence-corrected chi connectivity index (χ3v) is 4.81. The van der Waals surface area contributed by atoms with E-state index in [1.54, 1.807) is 6.07 Å². The van der Waals surface area contributed by atoms with Crippen molar-refractivity contribution < 1.29 is 14.3 Å². The summed E-state index contributed by atoms with van der Waals surface area (Å²) in [6, 6.07) is 4.30. The van der Waals surface area contributed by atoms with E-state index in [1.165, 1.54) is 29.2 Å². The number of hydrogen-bond donors (Lipinski definition) is 3. The summed E-state index contributed by atoms with van der Waals surface area (Å²) in [5.41, 5.74) is 0.0285. The molecule has 4 rings (SSSR count). The average molecular weight is 371 g/mol. The van der Waals surface area contributed by atoms with E-state index in [0.29, 0.717) is 18.4 Å². The smallest absolute Gasteiger partial charge is 0.275 e. The van der Waals surface area contributed by atoms with Gasteiger partial charge in [-0.25, -0.2) is 19.0 Å². The number of aromatic amines is 1. The van der Waals surface area contributed by atoms with Gasteiger partial charge < -0.3 is 10.4 Å². The molecule has 0 aliphatic heterocycles. The van der Waals surface area contributed by atoms with E-state index in [4.69, 9.17) is 0 Å². The lowest BCUT2D eigenvalue weighted by Crippen LogP contribution is -2.38. The number of H-pyrrole nitrogens is 1. The van der Waals surface area contributed by atoms with Crippen molar-refractivity contribution in [2.24, 2.45) is 0 Å². The van der Waals surface area contributed by atoms with E-state index < -0.39 is 11.4 Å². The SMILES string of the molecule is O=C(NC1CCC(O)CC1)c1cnc(-n2[nH]c(=O)c3c(F)cccc32)nc1. The average Bonchev–Trinajstić information content (AvgIpc) is 3.02. The molecule has 0 bridgehead atoms. The second-order valence-corrected chi connectivity index (χ2v) is 6.66. The minimum absolute atomic E-state index is 0.0216. The second kappa shape index (κ2) is 6.92. The number of hydrogen-bond acceptors (Lipinski definition) is 5. The molecule has 2 heterocycles. The van der Waals surface area contributed by atoms with Gasteiger partial charge >= 0.3 is 0 Å². The summed E-state index contributed by atoms with van der Waals surface area (Å²) in [6.07, 6.45) is 5.24. The number of carbonyl (C=O) groups is 1. The van der Waals surface area contributed by atoms with Gasteiger partial charge in [-0.15, -0.1) is 0 Å². The predicted octanol–water partition coefficient (Wildman–Crippen LogP) is 1.28. The monoisotopic (exact) mass is 371 g/mol. The standard InChI is InChI=1S/C18H18FN5O3/c19-13-2-1-3-14-15(13)17(27)23-24(14)18-20-8-10(9-21-18)16(26)22-11-4-6-12(25)7-5-11/h1-3,8-9,11-12,25H,4-7H2,(H,22,26)(H,23,27). The number of benzene rings is 1. The van der Waals surface area contributed by atoms with Crippen LogP contribution in [0.25, 0.3) is 16.9 Å². The lowest BCUT2D eigenvalue weighted by molar-refractivity contribution is 0.0867. The normalized spacial score (nSPS) is 19.9. The van der Waals surface area contributed by atoms with Gasteiger partial charge in [-0.1, -0.05) is 6.07 Å². The number of nitrogens with one attached hydrogen (secondary N) is 2. The molecule has 1 saturated carbocycles. The molecule has 140 valence electrons. The number of rotatable bonds is 3. The summed E-state index contributed by atoms with van der Waals surface area (Å²) in [7, 11) is 0. The summed E-state index contributed by atoms with van der Waals surface area (Å²) in [4.78, 5) is 32.5. The van der Waals surface area contributed by atoms with E-state index in [9.17, 15) is 19.1 Å². The Bertz CT molecular complexity index is 1040. The Kier molecular flexibility index (Phi) is 4.44. The highest BCUT2D eigenvalue weighted by molar-refractivity contribution is 5.93. The first-order chi connectivity index (χ1) is 13.0. The molecule has 0 unspecified atom stereocenters. The molecular formula is C18H18FN5O3. The molecule has 0 saturated heterocycles. The Morgan fingerprint density at radius 1 is 1.22 bits per heavy atom. The van der Waals surface area contributed by atoms with Crippen LogP contribution in [0, 0.1) is 5.82 Å². The van der Waals surface area contributed by atoms with Gasteiger partial charge in [0, 0.05) is 18.4 Å². The van der Waals surface area contributed by atoms with Crippen molar-refractivity contribution in [3.63, 3.8) is 0 Å². The molecule has 1 fully saturated rings. The van der Waals surface area contributed by atoms with Crippen molar-refractivity contribution in [3.05, 3.63) is 52.3 Å². The van der Waals surface area contributed by atoms with E-state index in [-0.39, 0.29) is 35.0 Å². The highest BCUT2D eigenvalue weighted by atomic mass is 19.1. The van der Waals surface area contributed by atoms with Crippen molar-refractivity contribution in [1.82, 2.24) is 25.1 Å². The Morgan fingerprint density at radius 3 is 2.63 bits per heavy atom. The fourth-order valence-corrected chi connectivity index (χ4v) is 3.34. The highest BCUT2D eigenvalue weighted by Crippen LogP contribution is 2.19. The van der Waals surface area contributed by atoms with Crippen molar-refractivity contribution in [1.29, 1.82) is 0 Å². The van der Waals surface area contributed by atoms with Gasteiger partial charge in [-0.3, -0.25) is 14.7 Å². The zero-order chi connectivity index (χ0) is 19.0. The molecule has 3 aromatic rings. The maximum absolute atomic E-state index is 13.9. The van der Waals surface area contributed by atoms with Crippen molar-refractivity contribution >= 4 is 16.8 Å². The number of nitrogens with zero attached hydrogens (tertiary/aromatic N) is 3. The van der Waals surface area contributed by atoms with E-state index in [0.717, 1.165) is 12.8 Å². The third kappa shape index (κ3) is 3.33. The van der Waals surface area contributed by atoms with Gasteiger partial charge in [0.05, 0.1) is 17.2 Å². The van der Waals surface area contributed by atoms with Gasteiger partial charge in [0.15, 0.2) is 0 Å². The number of aliphatic hydroxyl groups is 1. The molecule has 9 heteroatoms. The Balaban J connectivity index is 1.55. The van der Waals surface area contributed by atoms with Gasteiger partial charge in [-0.2, -0.15) is 0 Å². The Labute approximate surface area is 153 Å². The molecule has 27 heavy (non-hydrogen) atoms. The number of fused-ring (bicyclic) bond motifs is 1. The minimum atomic E-state index is -0.624. The number of aromatic nitrogens is 4.